The summed E-state index contributed by atoms with van der Waals surface area (Å²) >= 11 is 0. The Morgan fingerprint density at radius 2 is 1.95 bits per heavy atom. The molecule has 0 aromatic heterocycles. The maximum atomic E-state index is 12.4. The molecule has 2 aliphatic rings. The molecule has 0 bridgehead atoms. The number of ether oxygens (including phenoxy) is 1. The molecule has 0 aliphatic heterocycles. The molecule has 1 amide bonds. The van der Waals surface area contributed by atoms with E-state index in [2.05, 4.69) is 5.32 Å². The number of nitrogens with two attached hydrogens (primary N) is 1. The fourth-order valence-electron chi connectivity index (χ4n) is 3.20. The Bertz CT molecular complexity index is 329. The zero-order valence-corrected chi connectivity index (χ0v) is 13.0. The molecule has 2 unspecified atom stereocenters. The van der Waals surface area contributed by atoms with Crippen LogP contribution >= 0.6 is 12.4 Å². The summed E-state index contributed by atoms with van der Waals surface area (Å²) in [5.74, 6) is 0.00959. The number of rotatable bonds is 4. The first-order valence-electron chi connectivity index (χ1n) is 7.13. The van der Waals surface area contributed by atoms with Gasteiger partial charge in [-0.05, 0) is 19.8 Å². The van der Waals surface area contributed by atoms with Crippen LogP contribution in [0.5, 0.6) is 0 Å². The van der Waals surface area contributed by atoms with Crippen LogP contribution in [0.1, 0.15) is 52.9 Å². The third-order valence-corrected chi connectivity index (χ3v) is 4.93. The Morgan fingerprint density at radius 1 is 1.37 bits per heavy atom. The van der Waals surface area contributed by atoms with Gasteiger partial charge in [0.15, 0.2) is 0 Å². The van der Waals surface area contributed by atoms with E-state index in [1.807, 2.05) is 20.8 Å². The molecule has 0 aromatic rings. The van der Waals surface area contributed by atoms with Crippen LogP contribution in [0.15, 0.2) is 0 Å². The second kappa shape index (κ2) is 5.98. The number of halogens is 1. The first-order valence-corrected chi connectivity index (χ1v) is 7.13. The van der Waals surface area contributed by atoms with Crippen molar-refractivity contribution in [3.8, 4) is 0 Å². The van der Waals surface area contributed by atoms with E-state index >= 15 is 0 Å². The van der Waals surface area contributed by atoms with Crippen molar-refractivity contribution in [1.82, 2.24) is 5.32 Å². The average molecular weight is 291 g/mol. The average Bonchev–Trinajstić information content (AvgIpc) is 2.81. The van der Waals surface area contributed by atoms with Crippen LogP contribution in [0, 0.1) is 5.41 Å². The summed E-state index contributed by atoms with van der Waals surface area (Å²) in [4.78, 5) is 12.4. The van der Waals surface area contributed by atoms with E-state index in [1.54, 1.807) is 0 Å². The molecule has 2 saturated carbocycles. The number of amides is 1. The highest BCUT2D eigenvalue weighted by molar-refractivity contribution is 5.89. The van der Waals surface area contributed by atoms with Crippen LogP contribution in [0.3, 0.4) is 0 Å². The Balaban J connectivity index is 0.00000180. The lowest BCUT2D eigenvalue weighted by Crippen LogP contribution is -2.76. The fourth-order valence-corrected chi connectivity index (χ4v) is 3.20. The molecule has 3 N–H and O–H groups in total. The van der Waals surface area contributed by atoms with Crippen LogP contribution in [0.2, 0.25) is 0 Å². The van der Waals surface area contributed by atoms with Crippen molar-refractivity contribution in [2.24, 2.45) is 11.1 Å². The quantitative estimate of drug-likeness (QED) is 0.832. The number of nitrogens with one attached hydrogen (secondary N) is 1. The van der Waals surface area contributed by atoms with Gasteiger partial charge in [-0.1, -0.05) is 26.7 Å². The summed E-state index contributed by atoms with van der Waals surface area (Å²) in [6, 6.07) is 0.333. The second-order valence-corrected chi connectivity index (χ2v) is 6.30. The normalized spacial score (nSPS) is 33.4. The number of hydrogen-bond acceptors (Lipinski definition) is 3. The van der Waals surface area contributed by atoms with Gasteiger partial charge in [-0.2, -0.15) is 0 Å². The Morgan fingerprint density at radius 3 is 2.42 bits per heavy atom. The monoisotopic (exact) mass is 290 g/mol. The molecule has 0 radical (unpaired) electrons. The van der Waals surface area contributed by atoms with Crippen LogP contribution in [-0.2, 0) is 9.53 Å². The molecule has 2 aliphatic carbocycles. The summed E-state index contributed by atoms with van der Waals surface area (Å²) in [6.45, 7) is 6.72. The van der Waals surface area contributed by atoms with Gasteiger partial charge in [-0.15, -0.1) is 12.4 Å². The smallest absolute Gasteiger partial charge is 0.241 e. The number of carbonyl (C=O) groups excluding carboxylic acids is 1. The zero-order chi connectivity index (χ0) is 13.4. The predicted molar refractivity (Wildman–Crippen MR) is 78.4 cm³/mol. The summed E-state index contributed by atoms with van der Waals surface area (Å²) in [5, 5.41) is 3.12. The standard InChI is InChI=1S/C14H26N2O2.ClH/c1-4-18-11-9-14(15,13(11,2)3)12(17)16-10-7-5-6-8-10;/h10-11H,4-9,15H2,1-3H3,(H,16,17);1H. The van der Waals surface area contributed by atoms with Gasteiger partial charge < -0.3 is 15.8 Å². The van der Waals surface area contributed by atoms with Crippen molar-refractivity contribution >= 4 is 18.3 Å². The molecular formula is C14H27ClN2O2. The molecule has 2 atom stereocenters. The van der Waals surface area contributed by atoms with E-state index in [0.29, 0.717) is 19.1 Å². The van der Waals surface area contributed by atoms with Gasteiger partial charge in [0, 0.05) is 24.5 Å². The zero-order valence-electron chi connectivity index (χ0n) is 12.2. The van der Waals surface area contributed by atoms with Crippen molar-refractivity contribution in [2.45, 2.75) is 70.6 Å². The molecule has 2 fully saturated rings. The van der Waals surface area contributed by atoms with Gasteiger partial charge in [0.05, 0.1) is 6.10 Å². The van der Waals surface area contributed by atoms with E-state index in [9.17, 15) is 4.79 Å². The highest BCUT2D eigenvalue weighted by Crippen LogP contribution is 2.50. The van der Waals surface area contributed by atoms with E-state index in [-0.39, 0.29) is 29.8 Å². The van der Waals surface area contributed by atoms with Crippen LogP contribution in [0.4, 0.5) is 0 Å². The molecule has 2 rings (SSSR count). The maximum Gasteiger partial charge on any atom is 0.241 e. The van der Waals surface area contributed by atoms with Gasteiger partial charge in [0.2, 0.25) is 5.91 Å². The first kappa shape index (κ1) is 16.7. The number of carbonyl (C=O) groups is 1. The van der Waals surface area contributed by atoms with Gasteiger partial charge in [0.1, 0.15) is 5.54 Å². The van der Waals surface area contributed by atoms with Crippen molar-refractivity contribution in [3.63, 3.8) is 0 Å². The Hall–Kier alpha value is -0.320. The van der Waals surface area contributed by atoms with Crippen molar-refractivity contribution < 1.29 is 9.53 Å². The van der Waals surface area contributed by atoms with E-state index in [4.69, 9.17) is 10.5 Å². The van der Waals surface area contributed by atoms with E-state index in [0.717, 1.165) is 12.8 Å². The Labute approximate surface area is 122 Å². The largest absolute Gasteiger partial charge is 0.378 e. The van der Waals surface area contributed by atoms with Crippen molar-refractivity contribution in [3.05, 3.63) is 0 Å². The Kier molecular flexibility index (Phi) is 5.27. The first-order chi connectivity index (χ1) is 8.41. The van der Waals surface area contributed by atoms with Crippen molar-refractivity contribution in [1.29, 1.82) is 0 Å². The molecular weight excluding hydrogens is 264 g/mol. The van der Waals surface area contributed by atoms with Gasteiger partial charge in [-0.3, -0.25) is 4.79 Å². The molecule has 4 nitrogen and oxygen atoms in total. The highest BCUT2D eigenvalue weighted by Gasteiger charge is 2.62. The van der Waals surface area contributed by atoms with Gasteiger partial charge in [0.25, 0.3) is 0 Å². The third kappa shape index (κ3) is 2.76. The second-order valence-electron chi connectivity index (χ2n) is 6.30. The van der Waals surface area contributed by atoms with E-state index in [1.165, 1.54) is 12.8 Å². The third-order valence-electron chi connectivity index (χ3n) is 4.93. The van der Waals surface area contributed by atoms with Crippen LogP contribution in [-0.4, -0.2) is 30.2 Å². The summed E-state index contributed by atoms with van der Waals surface area (Å²) < 4.78 is 5.65. The summed E-state index contributed by atoms with van der Waals surface area (Å²) in [7, 11) is 0. The van der Waals surface area contributed by atoms with Crippen LogP contribution < -0.4 is 11.1 Å². The van der Waals surface area contributed by atoms with Crippen molar-refractivity contribution in [2.75, 3.05) is 6.61 Å². The molecule has 0 aromatic carbocycles. The number of hydrogen-bond donors (Lipinski definition) is 2. The summed E-state index contributed by atoms with van der Waals surface area (Å²) in [5.41, 5.74) is 5.28. The lowest BCUT2D eigenvalue weighted by atomic mass is 9.54. The fraction of sp³-hybridized carbons (Fsp3) is 0.929. The lowest BCUT2D eigenvalue weighted by molar-refractivity contribution is -0.171. The molecule has 0 spiro atoms. The molecule has 112 valence electrons. The SMILES string of the molecule is CCOC1CC(N)(C(=O)NC2CCCC2)C1(C)C.Cl. The minimum Gasteiger partial charge on any atom is -0.378 e. The van der Waals surface area contributed by atoms with Crippen LogP contribution in [0.25, 0.3) is 0 Å². The lowest BCUT2D eigenvalue weighted by Gasteiger charge is -2.57. The van der Waals surface area contributed by atoms with Gasteiger partial charge in [-0.25, -0.2) is 0 Å². The molecule has 19 heavy (non-hydrogen) atoms. The molecule has 0 heterocycles. The summed E-state index contributed by atoms with van der Waals surface area (Å²) in [6.07, 6.45) is 5.35. The molecule has 5 heteroatoms. The minimum atomic E-state index is -0.768. The topological polar surface area (TPSA) is 64.3 Å². The molecule has 0 saturated heterocycles. The van der Waals surface area contributed by atoms with E-state index < -0.39 is 5.54 Å². The minimum absolute atomic E-state index is 0. The van der Waals surface area contributed by atoms with Gasteiger partial charge >= 0.3 is 0 Å². The predicted octanol–water partition coefficient (Wildman–Crippen LogP) is 2.00. The highest BCUT2D eigenvalue weighted by atomic mass is 35.5. The maximum absolute atomic E-state index is 12.4.